The van der Waals surface area contributed by atoms with Crippen LogP contribution in [0.1, 0.15) is 33.1 Å². The maximum atomic E-state index is 5.73. The van der Waals surface area contributed by atoms with Crippen molar-refractivity contribution >= 4 is 0 Å². The molecule has 2 aromatic carbocycles. The Morgan fingerprint density at radius 3 is 1.12 bits per heavy atom. The minimum atomic E-state index is 0.680. The van der Waals surface area contributed by atoms with Crippen molar-refractivity contribution in [2.75, 3.05) is 26.4 Å². The molecule has 0 N–H and O–H groups in total. The second-order valence-electron chi connectivity index (χ2n) is 5.57. The lowest BCUT2D eigenvalue weighted by atomic mass is 10.2. The van der Waals surface area contributed by atoms with Crippen LogP contribution in [-0.2, 0) is 0 Å². The van der Waals surface area contributed by atoms with Gasteiger partial charge >= 0.3 is 0 Å². The molecular weight excluding hydrogens is 316 g/mol. The number of hydrogen-bond acceptors (Lipinski definition) is 4. The molecule has 0 atom stereocenters. The average Bonchev–Trinajstić information content (AvgIpc) is 2.64. The van der Waals surface area contributed by atoms with Crippen molar-refractivity contribution in [2.24, 2.45) is 0 Å². The van der Waals surface area contributed by atoms with Crippen LogP contribution < -0.4 is 18.9 Å². The van der Waals surface area contributed by atoms with E-state index in [2.05, 4.69) is 0 Å². The van der Waals surface area contributed by atoms with E-state index in [1.807, 2.05) is 62.4 Å². The van der Waals surface area contributed by atoms with Gasteiger partial charge in [-0.1, -0.05) is 0 Å². The Balaban J connectivity index is 1.53. The van der Waals surface area contributed by atoms with Gasteiger partial charge in [0.2, 0.25) is 0 Å². The third-order valence-electron chi connectivity index (χ3n) is 3.60. The molecule has 0 fully saturated rings. The molecule has 0 spiro atoms. The fourth-order valence-corrected chi connectivity index (χ4v) is 2.36. The van der Waals surface area contributed by atoms with Crippen LogP contribution in [-0.4, -0.2) is 26.4 Å². The second kappa shape index (κ2) is 11.2. The highest BCUT2D eigenvalue weighted by atomic mass is 16.5. The lowest BCUT2D eigenvalue weighted by Gasteiger charge is -2.09. The summed E-state index contributed by atoms with van der Waals surface area (Å²) in [7, 11) is 0. The predicted molar refractivity (Wildman–Crippen MR) is 100 cm³/mol. The third-order valence-corrected chi connectivity index (χ3v) is 3.60. The summed E-state index contributed by atoms with van der Waals surface area (Å²) in [5.74, 6) is 3.52. The van der Waals surface area contributed by atoms with Gasteiger partial charge in [0.15, 0.2) is 0 Å². The van der Waals surface area contributed by atoms with Crippen molar-refractivity contribution in [3.63, 3.8) is 0 Å². The van der Waals surface area contributed by atoms with E-state index >= 15 is 0 Å². The summed E-state index contributed by atoms with van der Waals surface area (Å²) in [6.45, 7) is 6.75. The molecule has 0 amide bonds. The van der Waals surface area contributed by atoms with E-state index in [0.29, 0.717) is 13.2 Å². The minimum absolute atomic E-state index is 0.680. The normalized spacial score (nSPS) is 10.3. The van der Waals surface area contributed by atoms with Crippen molar-refractivity contribution in [3.05, 3.63) is 48.5 Å². The molecule has 0 aliphatic carbocycles. The van der Waals surface area contributed by atoms with E-state index in [1.165, 1.54) is 0 Å². The van der Waals surface area contributed by atoms with Gasteiger partial charge in [0.25, 0.3) is 0 Å². The summed E-state index contributed by atoms with van der Waals surface area (Å²) in [6, 6.07) is 15.5. The summed E-state index contributed by atoms with van der Waals surface area (Å²) in [5, 5.41) is 0. The van der Waals surface area contributed by atoms with Crippen LogP contribution >= 0.6 is 0 Å². The second-order valence-corrected chi connectivity index (χ2v) is 5.57. The molecule has 25 heavy (non-hydrogen) atoms. The Labute approximate surface area is 150 Å². The van der Waals surface area contributed by atoms with E-state index < -0.39 is 0 Å². The molecule has 0 radical (unpaired) electrons. The Kier molecular flexibility index (Phi) is 8.53. The Morgan fingerprint density at radius 1 is 0.480 bits per heavy atom. The van der Waals surface area contributed by atoms with Crippen LogP contribution in [0.25, 0.3) is 0 Å². The highest BCUT2D eigenvalue weighted by Crippen LogP contribution is 2.19. The van der Waals surface area contributed by atoms with Crippen LogP contribution in [0.5, 0.6) is 23.0 Å². The first-order valence-electron chi connectivity index (χ1n) is 9.03. The molecule has 2 rings (SSSR count). The third kappa shape index (κ3) is 7.38. The first-order valence-corrected chi connectivity index (χ1v) is 9.03. The minimum Gasteiger partial charge on any atom is -0.494 e. The highest BCUT2D eigenvalue weighted by molar-refractivity contribution is 5.31. The number of hydrogen-bond donors (Lipinski definition) is 0. The van der Waals surface area contributed by atoms with Gasteiger partial charge in [-0.25, -0.2) is 0 Å². The Hall–Kier alpha value is -2.36. The van der Waals surface area contributed by atoms with E-state index in [-0.39, 0.29) is 0 Å². The summed E-state index contributed by atoms with van der Waals surface area (Å²) in [5.41, 5.74) is 0. The molecule has 0 unspecified atom stereocenters. The molecule has 2 aromatic rings. The Morgan fingerprint density at radius 2 is 0.800 bits per heavy atom. The molecule has 0 bridgehead atoms. The number of ether oxygens (including phenoxy) is 4. The van der Waals surface area contributed by atoms with Crippen LogP contribution in [0.4, 0.5) is 0 Å². The SMILES string of the molecule is CCOc1ccc(OCCCCCOc2ccc(OCC)cc2)cc1. The summed E-state index contributed by atoms with van der Waals surface area (Å²) >= 11 is 0. The molecule has 0 aliphatic rings. The van der Waals surface area contributed by atoms with E-state index in [9.17, 15) is 0 Å². The van der Waals surface area contributed by atoms with Crippen LogP contribution in [0.2, 0.25) is 0 Å². The maximum Gasteiger partial charge on any atom is 0.119 e. The lowest BCUT2D eigenvalue weighted by Crippen LogP contribution is -2.01. The number of benzene rings is 2. The van der Waals surface area contributed by atoms with Gasteiger partial charge in [-0.3, -0.25) is 0 Å². The van der Waals surface area contributed by atoms with Gasteiger partial charge in [-0.15, -0.1) is 0 Å². The summed E-state index contributed by atoms with van der Waals surface area (Å²) < 4.78 is 22.3. The van der Waals surface area contributed by atoms with Gasteiger partial charge in [-0.05, 0) is 81.6 Å². The largest absolute Gasteiger partial charge is 0.494 e. The molecule has 0 saturated heterocycles. The topological polar surface area (TPSA) is 36.9 Å². The molecule has 0 heterocycles. The zero-order chi connectivity index (χ0) is 17.7. The standard InChI is InChI=1S/C21H28O4/c1-3-22-18-8-12-20(13-9-18)24-16-6-5-7-17-25-21-14-10-19(11-15-21)23-4-2/h8-15H,3-7,16-17H2,1-2H3. The zero-order valence-corrected chi connectivity index (χ0v) is 15.2. The zero-order valence-electron chi connectivity index (χ0n) is 15.2. The van der Waals surface area contributed by atoms with Crippen LogP contribution in [0.3, 0.4) is 0 Å². The molecule has 4 heteroatoms. The quantitative estimate of drug-likeness (QED) is 0.501. The highest BCUT2D eigenvalue weighted by Gasteiger charge is 1.98. The van der Waals surface area contributed by atoms with E-state index in [1.54, 1.807) is 0 Å². The first kappa shape index (κ1) is 19.0. The lowest BCUT2D eigenvalue weighted by molar-refractivity contribution is 0.278. The predicted octanol–water partition coefficient (Wildman–Crippen LogP) is 5.11. The van der Waals surface area contributed by atoms with Crippen LogP contribution in [0.15, 0.2) is 48.5 Å². The number of unbranched alkanes of at least 4 members (excludes halogenated alkanes) is 2. The van der Waals surface area contributed by atoms with Gasteiger partial charge in [-0.2, -0.15) is 0 Å². The van der Waals surface area contributed by atoms with Crippen LogP contribution in [0, 0.1) is 0 Å². The van der Waals surface area contributed by atoms with Gasteiger partial charge < -0.3 is 18.9 Å². The van der Waals surface area contributed by atoms with Crippen molar-refractivity contribution < 1.29 is 18.9 Å². The Bertz CT molecular complexity index is 524. The monoisotopic (exact) mass is 344 g/mol. The summed E-state index contributed by atoms with van der Waals surface area (Å²) in [6.07, 6.45) is 3.10. The smallest absolute Gasteiger partial charge is 0.119 e. The van der Waals surface area contributed by atoms with Crippen molar-refractivity contribution in [3.8, 4) is 23.0 Å². The van der Waals surface area contributed by atoms with Gasteiger partial charge in [0.05, 0.1) is 26.4 Å². The van der Waals surface area contributed by atoms with E-state index in [0.717, 1.165) is 55.5 Å². The maximum absolute atomic E-state index is 5.73. The van der Waals surface area contributed by atoms with Crippen molar-refractivity contribution in [1.29, 1.82) is 0 Å². The van der Waals surface area contributed by atoms with Gasteiger partial charge in [0, 0.05) is 0 Å². The average molecular weight is 344 g/mol. The van der Waals surface area contributed by atoms with Crippen molar-refractivity contribution in [2.45, 2.75) is 33.1 Å². The molecular formula is C21H28O4. The molecule has 0 saturated carbocycles. The summed E-state index contributed by atoms with van der Waals surface area (Å²) in [4.78, 5) is 0. The van der Waals surface area contributed by atoms with Gasteiger partial charge in [0.1, 0.15) is 23.0 Å². The molecule has 4 nitrogen and oxygen atoms in total. The fourth-order valence-electron chi connectivity index (χ4n) is 2.36. The molecule has 0 aliphatic heterocycles. The fraction of sp³-hybridized carbons (Fsp3) is 0.429. The van der Waals surface area contributed by atoms with Crippen molar-refractivity contribution in [1.82, 2.24) is 0 Å². The first-order chi connectivity index (χ1) is 12.3. The molecule has 0 aromatic heterocycles. The molecule has 136 valence electrons. The number of rotatable bonds is 12. The van der Waals surface area contributed by atoms with E-state index in [4.69, 9.17) is 18.9 Å².